The summed E-state index contributed by atoms with van der Waals surface area (Å²) in [6, 6.07) is 12.4. The molecule has 194 valence electrons. The molecule has 1 aliphatic rings. The smallest absolute Gasteiger partial charge is 0.228 e. The van der Waals surface area contributed by atoms with Gasteiger partial charge in [0.05, 0.1) is 41.2 Å². The van der Waals surface area contributed by atoms with Gasteiger partial charge >= 0.3 is 0 Å². The number of aromatic nitrogens is 1. The number of morpholine rings is 1. The molecule has 10 heteroatoms. The number of sulfone groups is 1. The van der Waals surface area contributed by atoms with Gasteiger partial charge in [-0.05, 0) is 61.7 Å². The van der Waals surface area contributed by atoms with Gasteiger partial charge in [0.2, 0.25) is 5.91 Å². The first-order valence-electron chi connectivity index (χ1n) is 12.2. The first-order valence-corrected chi connectivity index (χ1v) is 14.7. The summed E-state index contributed by atoms with van der Waals surface area (Å²) in [6.45, 7) is 6.73. The van der Waals surface area contributed by atoms with Crippen molar-refractivity contribution in [3.8, 4) is 5.75 Å². The molecule has 8 nitrogen and oxygen atoms in total. The van der Waals surface area contributed by atoms with Crippen molar-refractivity contribution in [2.45, 2.75) is 31.1 Å². The van der Waals surface area contributed by atoms with Gasteiger partial charge in [-0.1, -0.05) is 17.4 Å². The Morgan fingerprint density at radius 3 is 2.61 bits per heavy atom. The number of rotatable bonds is 11. The van der Waals surface area contributed by atoms with E-state index >= 15 is 0 Å². The van der Waals surface area contributed by atoms with Crippen LogP contribution in [-0.2, 0) is 19.4 Å². The Hall–Kier alpha value is -2.53. The Bertz CT molecular complexity index is 1270. The number of carbonyl (C=O) groups is 1. The van der Waals surface area contributed by atoms with E-state index in [1.54, 1.807) is 17.0 Å². The van der Waals surface area contributed by atoms with Crippen molar-refractivity contribution in [2.75, 3.05) is 57.2 Å². The van der Waals surface area contributed by atoms with Gasteiger partial charge in [0.25, 0.3) is 0 Å². The van der Waals surface area contributed by atoms with Gasteiger partial charge < -0.3 is 9.47 Å². The Kier molecular flexibility index (Phi) is 8.95. The predicted molar refractivity (Wildman–Crippen MR) is 143 cm³/mol. The number of amides is 1. The second-order valence-electron chi connectivity index (χ2n) is 8.92. The lowest BCUT2D eigenvalue weighted by Gasteiger charge is -2.27. The lowest BCUT2D eigenvalue weighted by Crippen LogP contribution is -2.39. The largest absolute Gasteiger partial charge is 0.497 e. The van der Waals surface area contributed by atoms with E-state index in [0.717, 1.165) is 55.0 Å². The Morgan fingerprint density at radius 2 is 1.89 bits per heavy atom. The maximum Gasteiger partial charge on any atom is 0.228 e. The molecule has 1 amide bonds. The summed E-state index contributed by atoms with van der Waals surface area (Å²) in [5.41, 5.74) is 2.01. The summed E-state index contributed by atoms with van der Waals surface area (Å²) >= 11 is 1.50. The van der Waals surface area contributed by atoms with E-state index in [1.807, 2.05) is 19.1 Å². The molecule has 1 aliphatic heterocycles. The molecule has 1 aromatic heterocycles. The molecule has 1 fully saturated rings. The monoisotopic (exact) mass is 531 g/mol. The molecule has 3 aromatic rings. The quantitative estimate of drug-likeness (QED) is 0.370. The minimum absolute atomic E-state index is 0.0915. The molecule has 1 saturated heterocycles. The fourth-order valence-corrected chi connectivity index (χ4v) is 6.61. The maximum atomic E-state index is 13.3. The number of methoxy groups -OCH3 is 1. The van der Waals surface area contributed by atoms with Gasteiger partial charge in [-0.15, -0.1) is 0 Å². The van der Waals surface area contributed by atoms with E-state index in [4.69, 9.17) is 14.5 Å². The summed E-state index contributed by atoms with van der Waals surface area (Å²) in [5, 5.41) is 0.667. The highest BCUT2D eigenvalue weighted by molar-refractivity contribution is 7.91. The van der Waals surface area contributed by atoms with E-state index in [1.165, 1.54) is 30.6 Å². The van der Waals surface area contributed by atoms with Crippen molar-refractivity contribution >= 4 is 42.4 Å². The highest BCUT2D eigenvalue weighted by Crippen LogP contribution is 2.30. The fraction of sp³-hybridized carbons (Fsp3) is 0.462. The number of benzene rings is 2. The van der Waals surface area contributed by atoms with Crippen LogP contribution in [0.1, 0.15) is 24.8 Å². The summed E-state index contributed by atoms with van der Waals surface area (Å²) in [6.07, 6.45) is 1.20. The number of anilines is 1. The molecule has 4 rings (SSSR count). The Balaban J connectivity index is 1.42. The normalized spacial score (nSPS) is 14.7. The standard InChI is InChI=1S/C26H33N3O5S2/c1-20-6-11-23-24(19-20)35-26(27-23)29(13-4-12-28-14-16-34-17-15-28)25(30)5-3-18-36(31,32)22-9-7-21(33-2)8-10-22/h6-11,19H,3-5,12-18H2,1-2H3. The predicted octanol–water partition coefficient (Wildman–Crippen LogP) is 3.92. The van der Waals surface area contributed by atoms with E-state index in [2.05, 4.69) is 11.0 Å². The molecule has 0 atom stereocenters. The van der Waals surface area contributed by atoms with Crippen LogP contribution in [0, 0.1) is 6.92 Å². The Morgan fingerprint density at radius 1 is 1.14 bits per heavy atom. The van der Waals surface area contributed by atoms with Crippen LogP contribution in [0.25, 0.3) is 10.2 Å². The van der Waals surface area contributed by atoms with Crippen molar-refractivity contribution in [2.24, 2.45) is 0 Å². The lowest BCUT2D eigenvalue weighted by atomic mass is 10.2. The second kappa shape index (κ2) is 12.1. The van der Waals surface area contributed by atoms with Crippen LogP contribution < -0.4 is 9.64 Å². The van der Waals surface area contributed by atoms with Crippen LogP contribution >= 0.6 is 11.3 Å². The molecular weight excluding hydrogens is 498 g/mol. The molecule has 0 spiro atoms. The number of hydrogen-bond acceptors (Lipinski definition) is 8. The third-order valence-electron chi connectivity index (χ3n) is 6.25. The average Bonchev–Trinajstić information content (AvgIpc) is 3.29. The zero-order valence-corrected chi connectivity index (χ0v) is 22.4. The summed E-state index contributed by atoms with van der Waals surface area (Å²) < 4.78 is 37.1. The second-order valence-corrected chi connectivity index (χ2v) is 12.0. The summed E-state index contributed by atoms with van der Waals surface area (Å²) in [5.74, 6) is 0.409. The molecule has 0 radical (unpaired) electrons. The molecule has 0 unspecified atom stereocenters. The number of thiazole rings is 1. The summed E-state index contributed by atoms with van der Waals surface area (Å²) in [7, 11) is -1.95. The van der Waals surface area contributed by atoms with Crippen molar-refractivity contribution in [1.82, 2.24) is 9.88 Å². The van der Waals surface area contributed by atoms with Crippen LogP contribution in [0.3, 0.4) is 0 Å². The SMILES string of the molecule is COc1ccc(S(=O)(=O)CCCC(=O)N(CCCN2CCOCC2)c2nc3ccc(C)cc3s2)cc1. The number of hydrogen-bond donors (Lipinski definition) is 0. The number of nitrogens with zero attached hydrogens (tertiary/aromatic N) is 3. The van der Waals surface area contributed by atoms with Gasteiger partial charge in [-0.2, -0.15) is 0 Å². The molecule has 36 heavy (non-hydrogen) atoms. The minimum atomic E-state index is -3.49. The van der Waals surface area contributed by atoms with Gasteiger partial charge in [0.15, 0.2) is 15.0 Å². The lowest BCUT2D eigenvalue weighted by molar-refractivity contribution is -0.118. The van der Waals surface area contributed by atoms with E-state index in [0.29, 0.717) is 17.4 Å². The van der Waals surface area contributed by atoms with Crippen LogP contribution in [0.15, 0.2) is 47.4 Å². The zero-order valence-electron chi connectivity index (χ0n) is 20.8. The van der Waals surface area contributed by atoms with E-state index < -0.39 is 9.84 Å². The molecule has 0 aliphatic carbocycles. The summed E-state index contributed by atoms with van der Waals surface area (Å²) in [4.78, 5) is 22.4. The minimum Gasteiger partial charge on any atom is -0.497 e. The average molecular weight is 532 g/mol. The third kappa shape index (κ3) is 6.82. The number of fused-ring (bicyclic) bond motifs is 1. The molecule has 0 saturated carbocycles. The van der Waals surface area contributed by atoms with Crippen molar-refractivity contribution < 1.29 is 22.7 Å². The maximum absolute atomic E-state index is 13.3. The zero-order chi connectivity index (χ0) is 25.5. The van der Waals surface area contributed by atoms with Crippen LogP contribution in [-0.4, -0.2) is 76.5 Å². The van der Waals surface area contributed by atoms with Crippen LogP contribution in [0.4, 0.5) is 5.13 Å². The van der Waals surface area contributed by atoms with E-state index in [9.17, 15) is 13.2 Å². The highest BCUT2D eigenvalue weighted by atomic mass is 32.2. The van der Waals surface area contributed by atoms with Crippen molar-refractivity contribution in [3.63, 3.8) is 0 Å². The van der Waals surface area contributed by atoms with Crippen molar-refractivity contribution in [1.29, 1.82) is 0 Å². The first kappa shape index (κ1) is 26.5. The Labute approximate surface area is 216 Å². The third-order valence-corrected chi connectivity index (χ3v) is 9.10. The number of ether oxygens (including phenoxy) is 2. The molecule has 0 bridgehead atoms. The van der Waals surface area contributed by atoms with E-state index in [-0.39, 0.29) is 29.4 Å². The van der Waals surface area contributed by atoms with Gasteiger partial charge in [0.1, 0.15) is 5.75 Å². The molecular formula is C26H33N3O5S2. The number of carbonyl (C=O) groups excluding carboxylic acids is 1. The first-order chi connectivity index (χ1) is 17.4. The van der Waals surface area contributed by atoms with Gasteiger partial charge in [0, 0.05) is 32.6 Å². The van der Waals surface area contributed by atoms with Crippen molar-refractivity contribution in [3.05, 3.63) is 48.0 Å². The highest BCUT2D eigenvalue weighted by Gasteiger charge is 2.22. The molecule has 2 heterocycles. The van der Waals surface area contributed by atoms with Gasteiger partial charge in [-0.3, -0.25) is 14.6 Å². The topological polar surface area (TPSA) is 89.0 Å². The van der Waals surface area contributed by atoms with Crippen LogP contribution in [0.5, 0.6) is 5.75 Å². The fourth-order valence-electron chi connectivity index (χ4n) is 4.19. The molecule has 0 N–H and O–H groups in total. The number of aryl methyl sites for hydroxylation is 1. The molecule has 2 aromatic carbocycles. The van der Waals surface area contributed by atoms with Crippen LogP contribution in [0.2, 0.25) is 0 Å². The van der Waals surface area contributed by atoms with Gasteiger partial charge in [-0.25, -0.2) is 13.4 Å².